The maximum Gasteiger partial charge on any atom is 0.273 e. The normalized spacial score (nSPS) is 15.7. The Hall–Kier alpha value is -2.16. The fourth-order valence-electron chi connectivity index (χ4n) is 2.58. The fraction of sp³-hybridized carbons (Fsp3) is 0.429. The number of aryl methyl sites for hydroxylation is 1. The van der Waals surface area contributed by atoms with Crippen LogP contribution in [0.15, 0.2) is 21.3 Å². The second-order valence-electron chi connectivity index (χ2n) is 5.47. The monoisotopic (exact) mass is 381 g/mol. The van der Waals surface area contributed by atoms with E-state index in [0.29, 0.717) is 47.7 Å². The maximum atomic E-state index is 12.4. The first-order valence-corrected chi connectivity index (χ1v) is 8.06. The molecule has 0 saturated carbocycles. The SMILES string of the molecule is Cc1cc(NC(=O)C2CCN(C(=O)c3[nH]ncc3Br)CC2)no1. The van der Waals surface area contributed by atoms with Crippen LogP contribution in [0.4, 0.5) is 5.82 Å². The number of carbonyl (C=O) groups excluding carboxylic acids is 2. The number of hydrogen-bond acceptors (Lipinski definition) is 5. The molecule has 0 aromatic carbocycles. The van der Waals surface area contributed by atoms with Crippen LogP contribution in [-0.4, -0.2) is 45.2 Å². The van der Waals surface area contributed by atoms with Crippen molar-refractivity contribution in [2.45, 2.75) is 19.8 Å². The van der Waals surface area contributed by atoms with Crippen LogP contribution in [0.3, 0.4) is 0 Å². The van der Waals surface area contributed by atoms with Gasteiger partial charge in [-0.15, -0.1) is 0 Å². The quantitative estimate of drug-likeness (QED) is 0.845. The van der Waals surface area contributed by atoms with Gasteiger partial charge in [0.15, 0.2) is 5.82 Å². The molecule has 0 bridgehead atoms. The number of halogens is 1. The molecule has 122 valence electrons. The first kappa shape index (κ1) is 15.7. The lowest BCUT2D eigenvalue weighted by Crippen LogP contribution is -2.41. The summed E-state index contributed by atoms with van der Waals surface area (Å²) < 4.78 is 5.56. The van der Waals surface area contributed by atoms with Crippen LogP contribution in [0.2, 0.25) is 0 Å². The van der Waals surface area contributed by atoms with E-state index in [0.717, 1.165) is 0 Å². The molecule has 3 rings (SSSR count). The number of nitrogens with zero attached hydrogens (tertiary/aromatic N) is 3. The average molecular weight is 382 g/mol. The van der Waals surface area contributed by atoms with Crippen molar-refractivity contribution in [2.75, 3.05) is 18.4 Å². The first-order chi connectivity index (χ1) is 11.0. The van der Waals surface area contributed by atoms with Crippen molar-refractivity contribution in [3.8, 4) is 0 Å². The lowest BCUT2D eigenvalue weighted by molar-refractivity contribution is -0.121. The Morgan fingerprint density at radius 1 is 1.43 bits per heavy atom. The van der Waals surface area contributed by atoms with Gasteiger partial charge in [-0.25, -0.2) is 0 Å². The predicted molar refractivity (Wildman–Crippen MR) is 84.8 cm³/mol. The molecule has 2 amide bonds. The summed E-state index contributed by atoms with van der Waals surface area (Å²) in [5.41, 5.74) is 0.436. The van der Waals surface area contributed by atoms with Crippen LogP contribution in [-0.2, 0) is 4.79 Å². The third-order valence-corrected chi connectivity index (χ3v) is 4.44. The number of aromatic amines is 1. The summed E-state index contributed by atoms with van der Waals surface area (Å²) in [5, 5.41) is 13.0. The molecule has 0 aliphatic carbocycles. The average Bonchev–Trinajstić information content (AvgIpc) is 3.15. The second-order valence-corrected chi connectivity index (χ2v) is 6.33. The van der Waals surface area contributed by atoms with Gasteiger partial charge in [-0.1, -0.05) is 5.16 Å². The second kappa shape index (κ2) is 6.53. The minimum Gasteiger partial charge on any atom is -0.360 e. The zero-order chi connectivity index (χ0) is 16.4. The van der Waals surface area contributed by atoms with E-state index in [4.69, 9.17) is 4.52 Å². The fourth-order valence-corrected chi connectivity index (χ4v) is 2.94. The number of carbonyl (C=O) groups is 2. The van der Waals surface area contributed by atoms with Crippen molar-refractivity contribution in [1.29, 1.82) is 0 Å². The van der Waals surface area contributed by atoms with Gasteiger partial charge in [0.1, 0.15) is 11.5 Å². The highest BCUT2D eigenvalue weighted by Gasteiger charge is 2.29. The molecule has 23 heavy (non-hydrogen) atoms. The lowest BCUT2D eigenvalue weighted by Gasteiger charge is -2.30. The standard InChI is InChI=1S/C14H16BrN5O3/c1-8-6-11(19-23-8)17-13(21)9-2-4-20(5-3-9)14(22)12-10(15)7-16-18-12/h6-7,9H,2-5H2,1H3,(H,16,18)(H,17,19,21). The van der Waals surface area contributed by atoms with Crippen molar-refractivity contribution in [3.05, 3.63) is 28.2 Å². The molecule has 2 N–H and O–H groups in total. The minimum absolute atomic E-state index is 0.0897. The number of rotatable bonds is 3. The molecule has 2 aromatic heterocycles. The topological polar surface area (TPSA) is 104 Å². The Kier molecular flexibility index (Phi) is 4.46. The molecule has 3 heterocycles. The highest BCUT2D eigenvalue weighted by molar-refractivity contribution is 9.10. The van der Waals surface area contributed by atoms with E-state index < -0.39 is 0 Å². The van der Waals surface area contributed by atoms with E-state index >= 15 is 0 Å². The molecule has 1 saturated heterocycles. The molecule has 9 heteroatoms. The molecule has 8 nitrogen and oxygen atoms in total. The van der Waals surface area contributed by atoms with E-state index in [-0.39, 0.29) is 17.7 Å². The van der Waals surface area contributed by atoms with Crippen LogP contribution in [0.1, 0.15) is 29.1 Å². The number of nitrogens with one attached hydrogen (secondary N) is 2. The van der Waals surface area contributed by atoms with Crippen molar-refractivity contribution in [1.82, 2.24) is 20.3 Å². The zero-order valence-corrected chi connectivity index (χ0v) is 14.1. The first-order valence-electron chi connectivity index (χ1n) is 7.27. The number of hydrogen-bond donors (Lipinski definition) is 2. The summed E-state index contributed by atoms with van der Waals surface area (Å²) in [6.45, 7) is 2.82. The zero-order valence-electron chi connectivity index (χ0n) is 12.5. The van der Waals surface area contributed by atoms with Crippen LogP contribution in [0, 0.1) is 12.8 Å². The smallest absolute Gasteiger partial charge is 0.273 e. The highest BCUT2D eigenvalue weighted by atomic mass is 79.9. The Bertz CT molecular complexity index is 718. The van der Waals surface area contributed by atoms with Gasteiger partial charge in [-0.2, -0.15) is 5.10 Å². The maximum absolute atomic E-state index is 12.4. The molecule has 0 atom stereocenters. The van der Waals surface area contributed by atoms with Crippen molar-refractivity contribution >= 4 is 33.6 Å². The van der Waals surface area contributed by atoms with Crippen molar-refractivity contribution in [3.63, 3.8) is 0 Å². The van der Waals surface area contributed by atoms with Gasteiger partial charge in [0.25, 0.3) is 5.91 Å². The summed E-state index contributed by atoms with van der Waals surface area (Å²) in [7, 11) is 0. The van der Waals surface area contributed by atoms with Crippen molar-refractivity contribution < 1.29 is 14.1 Å². The van der Waals surface area contributed by atoms with Gasteiger partial charge in [0, 0.05) is 25.1 Å². The van der Waals surface area contributed by atoms with Gasteiger partial charge in [0.2, 0.25) is 5.91 Å². The lowest BCUT2D eigenvalue weighted by atomic mass is 9.95. The Balaban J connectivity index is 1.55. The van der Waals surface area contributed by atoms with Gasteiger partial charge in [-0.3, -0.25) is 14.7 Å². The van der Waals surface area contributed by atoms with E-state index in [2.05, 4.69) is 36.6 Å². The van der Waals surface area contributed by atoms with Gasteiger partial charge >= 0.3 is 0 Å². The number of amides is 2. The number of aromatic nitrogens is 3. The number of piperidine rings is 1. The summed E-state index contributed by atoms with van der Waals surface area (Å²) in [5.74, 6) is 0.730. The van der Waals surface area contributed by atoms with Crippen LogP contribution in [0.25, 0.3) is 0 Å². The summed E-state index contributed by atoms with van der Waals surface area (Å²) >= 11 is 3.29. The van der Waals surface area contributed by atoms with E-state index in [1.807, 2.05) is 0 Å². The van der Waals surface area contributed by atoms with Crippen LogP contribution >= 0.6 is 15.9 Å². The number of likely N-dealkylation sites (tertiary alicyclic amines) is 1. The molecular weight excluding hydrogens is 366 g/mol. The summed E-state index contributed by atoms with van der Waals surface area (Å²) in [6.07, 6.45) is 2.77. The molecule has 0 unspecified atom stereocenters. The molecule has 0 spiro atoms. The highest BCUT2D eigenvalue weighted by Crippen LogP contribution is 2.22. The van der Waals surface area contributed by atoms with Gasteiger partial charge in [0.05, 0.1) is 10.7 Å². The third kappa shape index (κ3) is 3.44. The van der Waals surface area contributed by atoms with Crippen LogP contribution < -0.4 is 5.32 Å². The Morgan fingerprint density at radius 2 is 2.17 bits per heavy atom. The summed E-state index contributed by atoms with van der Waals surface area (Å²) in [4.78, 5) is 26.3. The molecule has 1 aliphatic heterocycles. The predicted octanol–water partition coefficient (Wildman–Crippen LogP) is 1.96. The Morgan fingerprint density at radius 3 is 2.74 bits per heavy atom. The van der Waals surface area contributed by atoms with Gasteiger partial charge in [-0.05, 0) is 35.7 Å². The number of H-pyrrole nitrogens is 1. The van der Waals surface area contributed by atoms with Gasteiger partial charge < -0.3 is 14.7 Å². The van der Waals surface area contributed by atoms with E-state index in [9.17, 15) is 9.59 Å². The molecule has 1 fully saturated rings. The molecule has 0 radical (unpaired) electrons. The largest absolute Gasteiger partial charge is 0.360 e. The molecule has 2 aromatic rings. The minimum atomic E-state index is -0.138. The number of anilines is 1. The van der Waals surface area contributed by atoms with E-state index in [1.54, 1.807) is 24.1 Å². The molecular formula is C14H16BrN5O3. The van der Waals surface area contributed by atoms with Crippen molar-refractivity contribution in [2.24, 2.45) is 5.92 Å². The molecule has 1 aliphatic rings. The Labute approximate surface area is 140 Å². The summed E-state index contributed by atoms with van der Waals surface area (Å²) in [6, 6.07) is 1.67. The van der Waals surface area contributed by atoms with Crippen LogP contribution in [0.5, 0.6) is 0 Å². The van der Waals surface area contributed by atoms with E-state index in [1.165, 1.54) is 0 Å². The third-order valence-electron chi connectivity index (χ3n) is 3.84.